The first-order valence-electron chi connectivity index (χ1n) is 11.8. The third-order valence-electron chi connectivity index (χ3n) is 8.31. The zero-order chi connectivity index (χ0) is 21.2. The van der Waals surface area contributed by atoms with Gasteiger partial charge >= 0.3 is 0 Å². The van der Waals surface area contributed by atoms with E-state index >= 15 is 0 Å². The van der Waals surface area contributed by atoms with E-state index in [9.17, 15) is 15.3 Å². The predicted octanol–water partition coefficient (Wildman–Crippen LogP) is 5.31. The van der Waals surface area contributed by atoms with Crippen molar-refractivity contribution < 1.29 is 15.3 Å². The highest BCUT2D eigenvalue weighted by atomic mass is 16.3. The fourth-order valence-corrected chi connectivity index (χ4v) is 6.58. The Morgan fingerprint density at radius 2 is 1.79 bits per heavy atom. The van der Waals surface area contributed by atoms with Crippen molar-refractivity contribution in [3.63, 3.8) is 0 Å². The number of aliphatic hydroxyl groups is 3. The lowest BCUT2D eigenvalue weighted by atomic mass is 9.60. The minimum Gasteiger partial charge on any atom is -0.393 e. The SMILES string of the molecule is C=C1[C@H](O)CC(=C/C=C2\CCC[C@]3(C)[C@@H](C(C)CCCC(C)O)CC[C@@H]23)C[C@H]1O. The molecule has 3 aliphatic rings. The van der Waals surface area contributed by atoms with Crippen LogP contribution in [0.5, 0.6) is 0 Å². The minimum atomic E-state index is -0.613. The van der Waals surface area contributed by atoms with E-state index in [1.165, 1.54) is 38.5 Å². The molecule has 0 amide bonds. The molecule has 3 rings (SSSR count). The van der Waals surface area contributed by atoms with Crippen LogP contribution in [0.25, 0.3) is 0 Å². The van der Waals surface area contributed by atoms with Gasteiger partial charge in [0.05, 0.1) is 18.3 Å². The van der Waals surface area contributed by atoms with Gasteiger partial charge in [-0.25, -0.2) is 0 Å². The van der Waals surface area contributed by atoms with Crippen molar-refractivity contribution in [3.05, 3.63) is 35.5 Å². The van der Waals surface area contributed by atoms with Gasteiger partial charge in [0.15, 0.2) is 0 Å². The summed E-state index contributed by atoms with van der Waals surface area (Å²) >= 11 is 0. The summed E-state index contributed by atoms with van der Waals surface area (Å²) in [5.74, 6) is 2.17. The molecule has 3 heteroatoms. The Kier molecular flexibility index (Phi) is 7.46. The van der Waals surface area contributed by atoms with Crippen LogP contribution in [0.3, 0.4) is 0 Å². The van der Waals surface area contributed by atoms with Crippen LogP contribution in [0.15, 0.2) is 35.5 Å². The van der Waals surface area contributed by atoms with Crippen molar-refractivity contribution >= 4 is 0 Å². The smallest absolute Gasteiger partial charge is 0.0809 e. The molecule has 0 aromatic rings. The van der Waals surface area contributed by atoms with Crippen molar-refractivity contribution in [2.24, 2.45) is 23.2 Å². The molecule has 3 nitrogen and oxygen atoms in total. The molecule has 0 spiro atoms. The second-order valence-corrected chi connectivity index (χ2v) is 10.4. The normalized spacial score (nSPS) is 38.8. The standard InChI is InChI=1S/C26H42O3/c1-17(7-5-8-18(2)27)22-12-13-23-21(9-6-14-26(22,23)4)11-10-20-15-24(28)19(3)25(29)16-20/h10-11,17-18,22-25,27-29H,3,5-9,12-16H2,1-2,4H3/b21-11+/t17?,18?,22-,23+,24-,25-,26-/m1/s1. The number of hydrogen-bond acceptors (Lipinski definition) is 3. The number of fused-ring (bicyclic) bond motifs is 1. The maximum Gasteiger partial charge on any atom is 0.0809 e. The van der Waals surface area contributed by atoms with Crippen LogP contribution in [0, 0.1) is 23.2 Å². The molecule has 3 aliphatic carbocycles. The fraction of sp³-hybridized carbons (Fsp3) is 0.769. The minimum absolute atomic E-state index is 0.180. The van der Waals surface area contributed by atoms with E-state index in [1.807, 2.05) is 6.92 Å². The number of aliphatic hydroxyl groups excluding tert-OH is 3. The molecular formula is C26H42O3. The Labute approximate surface area is 177 Å². The van der Waals surface area contributed by atoms with E-state index in [-0.39, 0.29) is 6.10 Å². The molecule has 0 saturated heterocycles. The molecule has 3 fully saturated rings. The quantitative estimate of drug-likeness (QED) is 0.527. The van der Waals surface area contributed by atoms with Crippen LogP contribution in [0.2, 0.25) is 0 Å². The van der Waals surface area contributed by atoms with Crippen LogP contribution < -0.4 is 0 Å². The summed E-state index contributed by atoms with van der Waals surface area (Å²) in [5, 5.41) is 29.8. The molecule has 2 unspecified atom stereocenters. The van der Waals surface area contributed by atoms with Crippen LogP contribution >= 0.6 is 0 Å². The lowest BCUT2D eigenvalue weighted by molar-refractivity contribution is 0.0907. The van der Waals surface area contributed by atoms with Crippen molar-refractivity contribution in [3.8, 4) is 0 Å². The monoisotopic (exact) mass is 402 g/mol. The second-order valence-electron chi connectivity index (χ2n) is 10.4. The average Bonchev–Trinajstić information content (AvgIpc) is 3.01. The Morgan fingerprint density at radius 1 is 1.10 bits per heavy atom. The molecule has 0 aliphatic heterocycles. The van der Waals surface area contributed by atoms with Crippen LogP contribution in [0.4, 0.5) is 0 Å². The zero-order valence-corrected chi connectivity index (χ0v) is 18.7. The van der Waals surface area contributed by atoms with Crippen LogP contribution in [-0.4, -0.2) is 33.6 Å². The molecule has 164 valence electrons. The molecule has 0 bridgehead atoms. The highest BCUT2D eigenvalue weighted by molar-refractivity contribution is 5.29. The molecule has 0 heterocycles. The lowest BCUT2D eigenvalue weighted by Crippen LogP contribution is -2.36. The Morgan fingerprint density at radius 3 is 2.45 bits per heavy atom. The summed E-state index contributed by atoms with van der Waals surface area (Å²) in [6.07, 6.45) is 14.0. The summed E-state index contributed by atoms with van der Waals surface area (Å²) in [4.78, 5) is 0. The van der Waals surface area contributed by atoms with Crippen molar-refractivity contribution in [2.75, 3.05) is 0 Å². The molecule has 3 saturated carbocycles. The predicted molar refractivity (Wildman–Crippen MR) is 119 cm³/mol. The third kappa shape index (κ3) is 5.06. The van der Waals surface area contributed by atoms with Crippen molar-refractivity contribution in [2.45, 2.75) is 103 Å². The largest absolute Gasteiger partial charge is 0.393 e. The summed E-state index contributed by atoms with van der Waals surface area (Å²) in [7, 11) is 0. The summed E-state index contributed by atoms with van der Waals surface area (Å²) in [6, 6.07) is 0. The highest BCUT2D eigenvalue weighted by Crippen LogP contribution is 2.59. The van der Waals surface area contributed by atoms with E-state index in [0.29, 0.717) is 29.7 Å². The van der Waals surface area contributed by atoms with Gasteiger partial charge in [0.1, 0.15) is 0 Å². The zero-order valence-electron chi connectivity index (χ0n) is 18.7. The third-order valence-corrected chi connectivity index (χ3v) is 8.31. The number of allylic oxidation sites excluding steroid dienone is 3. The van der Waals surface area contributed by atoms with E-state index in [2.05, 4.69) is 32.6 Å². The molecule has 0 aromatic heterocycles. The number of hydrogen-bond donors (Lipinski definition) is 3. The highest BCUT2D eigenvalue weighted by Gasteiger charge is 2.50. The molecule has 0 aromatic carbocycles. The van der Waals surface area contributed by atoms with Gasteiger partial charge in [-0.1, -0.05) is 56.6 Å². The van der Waals surface area contributed by atoms with Crippen LogP contribution in [-0.2, 0) is 0 Å². The van der Waals surface area contributed by atoms with Gasteiger partial charge in [-0.15, -0.1) is 0 Å². The lowest BCUT2D eigenvalue weighted by Gasteiger charge is -2.44. The summed E-state index contributed by atoms with van der Waals surface area (Å²) in [5.41, 5.74) is 3.67. The Hall–Kier alpha value is -0.900. The van der Waals surface area contributed by atoms with Gasteiger partial charge in [-0.3, -0.25) is 0 Å². The van der Waals surface area contributed by atoms with Crippen molar-refractivity contribution in [1.82, 2.24) is 0 Å². The van der Waals surface area contributed by atoms with Gasteiger partial charge < -0.3 is 15.3 Å². The summed E-state index contributed by atoms with van der Waals surface area (Å²) in [6.45, 7) is 10.7. The maximum absolute atomic E-state index is 10.1. The molecule has 29 heavy (non-hydrogen) atoms. The van der Waals surface area contributed by atoms with E-state index < -0.39 is 12.2 Å². The average molecular weight is 403 g/mol. The molecular weight excluding hydrogens is 360 g/mol. The molecule has 3 N–H and O–H groups in total. The van der Waals surface area contributed by atoms with Crippen LogP contribution in [0.1, 0.15) is 85.0 Å². The second kappa shape index (κ2) is 9.49. The van der Waals surface area contributed by atoms with Gasteiger partial charge in [-0.05, 0) is 87.0 Å². The molecule has 0 radical (unpaired) electrons. The van der Waals surface area contributed by atoms with Crippen molar-refractivity contribution in [1.29, 1.82) is 0 Å². The first kappa shape index (κ1) is 22.8. The first-order chi connectivity index (χ1) is 13.7. The summed E-state index contributed by atoms with van der Waals surface area (Å²) < 4.78 is 0. The van der Waals surface area contributed by atoms with E-state index in [4.69, 9.17) is 0 Å². The number of rotatable bonds is 6. The van der Waals surface area contributed by atoms with Gasteiger partial charge in [0.2, 0.25) is 0 Å². The fourth-order valence-electron chi connectivity index (χ4n) is 6.58. The van der Waals surface area contributed by atoms with E-state index in [0.717, 1.165) is 30.3 Å². The Balaban J connectivity index is 1.68. The Bertz CT molecular complexity index is 630. The topological polar surface area (TPSA) is 60.7 Å². The first-order valence-corrected chi connectivity index (χ1v) is 11.8. The van der Waals surface area contributed by atoms with Gasteiger partial charge in [-0.2, -0.15) is 0 Å². The van der Waals surface area contributed by atoms with Gasteiger partial charge in [0.25, 0.3) is 0 Å². The maximum atomic E-state index is 10.1. The van der Waals surface area contributed by atoms with E-state index in [1.54, 1.807) is 5.57 Å². The van der Waals surface area contributed by atoms with Gasteiger partial charge in [0, 0.05) is 0 Å². The molecule has 7 atom stereocenters.